The summed E-state index contributed by atoms with van der Waals surface area (Å²) in [5.41, 5.74) is 1.48. The Morgan fingerprint density at radius 3 is 2.69 bits per heavy atom. The van der Waals surface area contributed by atoms with Gasteiger partial charge in [-0.15, -0.1) is 0 Å². The van der Waals surface area contributed by atoms with E-state index in [-0.39, 0.29) is 5.78 Å². The van der Waals surface area contributed by atoms with Gasteiger partial charge in [0.25, 0.3) is 0 Å². The molecule has 1 unspecified atom stereocenters. The van der Waals surface area contributed by atoms with E-state index in [9.17, 15) is 4.79 Å². The second-order valence-electron chi connectivity index (χ2n) is 3.64. The maximum atomic E-state index is 11.9. The fraction of sp³-hybridized carbons (Fsp3) is 0.385. The van der Waals surface area contributed by atoms with Crippen molar-refractivity contribution in [2.75, 3.05) is 7.11 Å². The van der Waals surface area contributed by atoms with Crippen LogP contribution < -0.4 is 4.74 Å². The molecule has 1 rings (SSSR count). The molecule has 0 spiro atoms. The van der Waals surface area contributed by atoms with Gasteiger partial charge < -0.3 is 4.74 Å². The number of ether oxygens (including phenoxy) is 1. The molecule has 0 radical (unpaired) electrons. The zero-order valence-electron chi connectivity index (χ0n) is 9.78. The number of nitriles is 1. The van der Waals surface area contributed by atoms with Crippen LogP contribution in [0.2, 0.25) is 0 Å². The normalized spacial score (nSPS) is 11.6. The lowest BCUT2D eigenvalue weighted by atomic mass is 9.95. The molecule has 0 aliphatic carbocycles. The molecule has 0 amide bonds. The first kappa shape index (κ1) is 12.3. The van der Waals surface area contributed by atoms with Crippen LogP contribution in [-0.2, 0) is 0 Å². The topological polar surface area (TPSA) is 50.1 Å². The summed E-state index contributed by atoms with van der Waals surface area (Å²) in [4.78, 5) is 11.9. The van der Waals surface area contributed by atoms with Gasteiger partial charge in [0.2, 0.25) is 0 Å². The van der Waals surface area contributed by atoms with Gasteiger partial charge in [0.15, 0.2) is 5.78 Å². The van der Waals surface area contributed by atoms with Crippen molar-refractivity contribution in [1.29, 1.82) is 5.26 Å². The molecule has 0 aliphatic rings. The van der Waals surface area contributed by atoms with Crippen molar-refractivity contribution in [1.82, 2.24) is 0 Å². The third kappa shape index (κ3) is 2.40. The predicted octanol–water partition coefficient (Wildman–Crippen LogP) is 2.74. The summed E-state index contributed by atoms with van der Waals surface area (Å²) < 4.78 is 5.12. The minimum Gasteiger partial charge on any atom is -0.496 e. The fourth-order valence-electron chi connectivity index (χ4n) is 1.57. The maximum absolute atomic E-state index is 11.9. The highest BCUT2D eigenvalue weighted by atomic mass is 16.5. The van der Waals surface area contributed by atoms with Crippen LogP contribution in [0, 0.1) is 24.2 Å². The number of carbonyl (C=O) groups is 1. The van der Waals surface area contributed by atoms with Crippen LogP contribution in [0.25, 0.3) is 0 Å². The molecule has 0 saturated carbocycles. The molecule has 0 bridgehead atoms. The van der Waals surface area contributed by atoms with Crippen molar-refractivity contribution < 1.29 is 9.53 Å². The zero-order chi connectivity index (χ0) is 12.1. The van der Waals surface area contributed by atoms with E-state index < -0.39 is 5.92 Å². The smallest absolute Gasteiger partial charge is 0.179 e. The Balaban J connectivity index is 3.02. The lowest BCUT2D eigenvalue weighted by Crippen LogP contribution is -2.12. The Morgan fingerprint density at radius 2 is 2.25 bits per heavy atom. The molecule has 0 aromatic heterocycles. The average molecular weight is 217 g/mol. The summed E-state index contributed by atoms with van der Waals surface area (Å²) in [6.07, 6.45) is 0.542. The van der Waals surface area contributed by atoms with Crippen molar-refractivity contribution in [2.24, 2.45) is 5.92 Å². The Bertz CT molecular complexity index is 432. The monoisotopic (exact) mass is 217 g/mol. The molecule has 16 heavy (non-hydrogen) atoms. The minimum absolute atomic E-state index is 0.115. The SMILES string of the molecule is CCC(C#N)C(=O)c1ccc(OC)c(C)c1. The van der Waals surface area contributed by atoms with E-state index in [2.05, 4.69) is 0 Å². The van der Waals surface area contributed by atoms with Gasteiger partial charge in [-0.1, -0.05) is 6.92 Å². The molecule has 3 heteroatoms. The summed E-state index contributed by atoms with van der Waals surface area (Å²) in [6.45, 7) is 3.71. The van der Waals surface area contributed by atoms with Crippen LogP contribution in [0.15, 0.2) is 18.2 Å². The second-order valence-corrected chi connectivity index (χ2v) is 3.64. The first-order valence-corrected chi connectivity index (χ1v) is 5.22. The van der Waals surface area contributed by atoms with Crippen LogP contribution in [0.3, 0.4) is 0 Å². The molecule has 1 aromatic carbocycles. The number of hydrogen-bond acceptors (Lipinski definition) is 3. The summed E-state index contributed by atoms with van der Waals surface area (Å²) in [5.74, 6) is 0.0881. The number of rotatable bonds is 4. The summed E-state index contributed by atoms with van der Waals surface area (Å²) in [6, 6.07) is 7.24. The Hall–Kier alpha value is -1.82. The first-order valence-electron chi connectivity index (χ1n) is 5.22. The van der Waals surface area contributed by atoms with Crippen molar-refractivity contribution in [2.45, 2.75) is 20.3 Å². The highest BCUT2D eigenvalue weighted by Crippen LogP contribution is 2.21. The summed E-state index contributed by atoms with van der Waals surface area (Å²) >= 11 is 0. The molecule has 0 heterocycles. The van der Waals surface area contributed by atoms with Gasteiger partial charge in [-0.2, -0.15) is 5.26 Å². The highest BCUT2D eigenvalue weighted by molar-refractivity contribution is 5.99. The van der Waals surface area contributed by atoms with Gasteiger partial charge in [0.1, 0.15) is 11.7 Å². The van der Waals surface area contributed by atoms with Crippen LogP contribution in [0.5, 0.6) is 5.75 Å². The van der Waals surface area contributed by atoms with Gasteiger partial charge >= 0.3 is 0 Å². The number of methoxy groups -OCH3 is 1. The van der Waals surface area contributed by atoms with Gasteiger partial charge in [-0.25, -0.2) is 0 Å². The van der Waals surface area contributed by atoms with Crippen LogP contribution in [-0.4, -0.2) is 12.9 Å². The molecule has 0 N–H and O–H groups in total. The minimum atomic E-state index is -0.548. The molecule has 1 atom stereocenters. The highest BCUT2D eigenvalue weighted by Gasteiger charge is 2.18. The number of hydrogen-bond donors (Lipinski definition) is 0. The van der Waals surface area contributed by atoms with Gasteiger partial charge in [0, 0.05) is 5.56 Å². The van der Waals surface area contributed by atoms with Crippen molar-refractivity contribution in [3.8, 4) is 11.8 Å². The largest absolute Gasteiger partial charge is 0.496 e. The lowest BCUT2D eigenvalue weighted by molar-refractivity contribution is 0.0946. The van der Waals surface area contributed by atoms with E-state index in [0.29, 0.717) is 12.0 Å². The Morgan fingerprint density at radius 1 is 1.56 bits per heavy atom. The third-order valence-corrected chi connectivity index (χ3v) is 2.56. The van der Waals surface area contributed by atoms with E-state index in [0.717, 1.165) is 11.3 Å². The van der Waals surface area contributed by atoms with E-state index in [4.69, 9.17) is 10.00 Å². The lowest BCUT2D eigenvalue weighted by Gasteiger charge is -2.08. The third-order valence-electron chi connectivity index (χ3n) is 2.56. The van der Waals surface area contributed by atoms with Gasteiger partial charge in [-0.05, 0) is 37.1 Å². The fourth-order valence-corrected chi connectivity index (χ4v) is 1.57. The molecule has 0 aliphatic heterocycles. The van der Waals surface area contributed by atoms with E-state index in [1.165, 1.54) is 0 Å². The van der Waals surface area contributed by atoms with E-state index in [1.54, 1.807) is 25.3 Å². The number of Topliss-reactive ketones (excluding diaryl/α,β-unsaturated/α-hetero) is 1. The number of ketones is 1. The molecule has 0 fully saturated rings. The standard InChI is InChI=1S/C13H15NO2/c1-4-10(8-14)13(15)11-5-6-12(16-3)9(2)7-11/h5-7,10H,4H2,1-3H3. The van der Waals surface area contributed by atoms with Crippen LogP contribution in [0.1, 0.15) is 29.3 Å². The first-order chi connectivity index (χ1) is 7.63. The summed E-state index contributed by atoms with van der Waals surface area (Å²) in [5, 5.41) is 8.83. The molecule has 0 saturated heterocycles. The average Bonchev–Trinajstić information content (AvgIpc) is 2.30. The van der Waals surface area contributed by atoms with Crippen molar-refractivity contribution in [3.63, 3.8) is 0 Å². The number of nitrogens with zero attached hydrogens (tertiary/aromatic N) is 1. The molecular formula is C13H15NO2. The quantitative estimate of drug-likeness (QED) is 0.728. The Labute approximate surface area is 95.7 Å². The van der Waals surface area contributed by atoms with Crippen molar-refractivity contribution >= 4 is 5.78 Å². The summed E-state index contributed by atoms with van der Waals surface area (Å²) in [7, 11) is 1.59. The van der Waals surface area contributed by atoms with Crippen LogP contribution >= 0.6 is 0 Å². The molecular weight excluding hydrogens is 202 g/mol. The number of carbonyl (C=O) groups excluding carboxylic acids is 1. The van der Waals surface area contributed by atoms with Gasteiger partial charge in [0.05, 0.1) is 13.2 Å². The van der Waals surface area contributed by atoms with Crippen molar-refractivity contribution in [3.05, 3.63) is 29.3 Å². The molecule has 84 valence electrons. The zero-order valence-corrected chi connectivity index (χ0v) is 9.78. The number of benzene rings is 1. The van der Waals surface area contributed by atoms with Gasteiger partial charge in [-0.3, -0.25) is 4.79 Å². The number of aryl methyl sites for hydroxylation is 1. The molecule has 1 aromatic rings. The van der Waals surface area contributed by atoms with E-state index in [1.807, 2.05) is 19.9 Å². The van der Waals surface area contributed by atoms with Crippen LogP contribution in [0.4, 0.5) is 0 Å². The second kappa shape index (κ2) is 5.32. The molecule has 3 nitrogen and oxygen atoms in total. The predicted molar refractivity (Wildman–Crippen MR) is 61.5 cm³/mol. The maximum Gasteiger partial charge on any atom is 0.179 e. The Kier molecular flexibility index (Phi) is 4.07. The van der Waals surface area contributed by atoms with E-state index >= 15 is 0 Å².